The van der Waals surface area contributed by atoms with E-state index in [0.717, 1.165) is 6.42 Å². The number of amides is 1. The summed E-state index contributed by atoms with van der Waals surface area (Å²) in [7, 11) is 0. The number of ether oxygens (including phenoxy) is 1. The second kappa shape index (κ2) is 8.82. The summed E-state index contributed by atoms with van der Waals surface area (Å²) in [6.07, 6.45) is 1.36. The standard InChI is InChI=1S/C15H23ClN2O2/c1-4-9-20-14-6-5-12(10-13(14)16)18-15(19)7-8-17-11(2)3/h5-6,10-11,17H,4,7-9H2,1-3H3,(H,18,19). The van der Waals surface area contributed by atoms with Gasteiger partial charge in [0, 0.05) is 24.7 Å². The van der Waals surface area contributed by atoms with Crippen molar-refractivity contribution in [2.45, 2.75) is 39.7 Å². The lowest BCUT2D eigenvalue weighted by molar-refractivity contribution is -0.116. The molecular weight excluding hydrogens is 276 g/mol. The highest BCUT2D eigenvalue weighted by atomic mass is 35.5. The molecule has 0 bridgehead atoms. The first-order valence-electron chi connectivity index (χ1n) is 6.98. The van der Waals surface area contributed by atoms with Crippen molar-refractivity contribution in [3.63, 3.8) is 0 Å². The van der Waals surface area contributed by atoms with Crippen LogP contribution in [0.5, 0.6) is 5.75 Å². The van der Waals surface area contributed by atoms with Crippen molar-refractivity contribution in [3.8, 4) is 5.75 Å². The van der Waals surface area contributed by atoms with Crippen molar-refractivity contribution in [1.29, 1.82) is 0 Å². The molecule has 5 heteroatoms. The normalized spacial score (nSPS) is 10.7. The predicted octanol–water partition coefficient (Wildman–Crippen LogP) is 3.46. The molecule has 0 saturated carbocycles. The highest BCUT2D eigenvalue weighted by Gasteiger charge is 2.06. The van der Waals surface area contributed by atoms with Crippen LogP contribution in [0.15, 0.2) is 18.2 Å². The molecule has 1 amide bonds. The van der Waals surface area contributed by atoms with Crippen molar-refractivity contribution in [1.82, 2.24) is 5.32 Å². The first-order valence-corrected chi connectivity index (χ1v) is 7.36. The number of nitrogens with one attached hydrogen (secondary N) is 2. The highest BCUT2D eigenvalue weighted by molar-refractivity contribution is 6.32. The fourth-order valence-electron chi connectivity index (χ4n) is 1.61. The van der Waals surface area contributed by atoms with Crippen LogP contribution in [0.4, 0.5) is 5.69 Å². The average Bonchev–Trinajstić information content (AvgIpc) is 2.37. The number of carbonyl (C=O) groups excluding carboxylic acids is 1. The van der Waals surface area contributed by atoms with Gasteiger partial charge in [0.05, 0.1) is 11.6 Å². The number of hydrogen-bond acceptors (Lipinski definition) is 3. The SMILES string of the molecule is CCCOc1ccc(NC(=O)CCNC(C)C)cc1Cl. The van der Waals surface area contributed by atoms with Crippen molar-refractivity contribution >= 4 is 23.2 Å². The monoisotopic (exact) mass is 298 g/mol. The molecule has 0 aliphatic heterocycles. The van der Waals surface area contributed by atoms with Crippen LogP contribution in [0.1, 0.15) is 33.6 Å². The Morgan fingerprint density at radius 1 is 1.40 bits per heavy atom. The van der Waals surface area contributed by atoms with Crippen molar-refractivity contribution in [3.05, 3.63) is 23.2 Å². The minimum absolute atomic E-state index is 0.0311. The second-order valence-corrected chi connectivity index (χ2v) is 5.31. The largest absolute Gasteiger partial charge is 0.492 e. The van der Waals surface area contributed by atoms with E-state index >= 15 is 0 Å². The third-order valence-corrected chi connectivity index (χ3v) is 2.88. The van der Waals surface area contributed by atoms with Gasteiger partial charge < -0.3 is 15.4 Å². The van der Waals surface area contributed by atoms with Gasteiger partial charge in [-0.1, -0.05) is 32.4 Å². The molecule has 0 fully saturated rings. The molecule has 20 heavy (non-hydrogen) atoms. The summed E-state index contributed by atoms with van der Waals surface area (Å²) in [6.45, 7) is 7.42. The Bertz CT molecular complexity index is 436. The third-order valence-electron chi connectivity index (χ3n) is 2.58. The molecule has 0 radical (unpaired) electrons. The molecule has 1 aromatic rings. The minimum Gasteiger partial charge on any atom is -0.492 e. The molecule has 0 aliphatic rings. The number of rotatable bonds is 8. The molecule has 0 aliphatic carbocycles. The maximum Gasteiger partial charge on any atom is 0.225 e. The molecule has 0 unspecified atom stereocenters. The van der Waals surface area contributed by atoms with Crippen LogP contribution >= 0.6 is 11.6 Å². The molecule has 0 heterocycles. The zero-order valence-electron chi connectivity index (χ0n) is 12.3. The smallest absolute Gasteiger partial charge is 0.225 e. The number of anilines is 1. The molecule has 0 spiro atoms. The van der Waals surface area contributed by atoms with E-state index in [1.165, 1.54) is 0 Å². The van der Waals surface area contributed by atoms with E-state index in [1.54, 1.807) is 18.2 Å². The number of benzene rings is 1. The van der Waals surface area contributed by atoms with E-state index in [2.05, 4.69) is 10.6 Å². The first kappa shape index (κ1) is 16.8. The van der Waals surface area contributed by atoms with Crippen LogP contribution in [0.2, 0.25) is 5.02 Å². The Hall–Kier alpha value is -1.26. The molecule has 0 atom stereocenters. The van der Waals surface area contributed by atoms with Crippen molar-refractivity contribution in [2.24, 2.45) is 0 Å². The van der Waals surface area contributed by atoms with Gasteiger partial charge in [0.2, 0.25) is 5.91 Å². The molecule has 0 saturated heterocycles. The highest BCUT2D eigenvalue weighted by Crippen LogP contribution is 2.27. The van der Waals surface area contributed by atoms with E-state index < -0.39 is 0 Å². The Labute approximate surface area is 125 Å². The number of carbonyl (C=O) groups is 1. The molecule has 0 aromatic heterocycles. The average molecular weight is 299 g/mol. The Morgan fingerprint density at radius 2 is 2.15 bits per heavy atom. The zero-order chi connectivity index (χ0) is 15.0. The van der Waals surface area contributed by atoms with Crippen LogP contribution in [-0.2, 0) is 4.79 Å². The van der Waals surface area contributed by atoms with Crippen LogP contribution in [-0.4, -0.2) is 25.1 Å². The summed E-state index contributed by atoms with van der Waals surface area (Å²) >= 11 is 6.11. The van der Waals surface area contributed by atoms with Crippen LogP contribution < -0.4 is 15.4 Å². The number of hydrogen-bond donors (Lipinski definition) is 2. The molecule has 2 N–H and O–H groups in total. The van der Waals surface area contributed by atoms with E-state index in [1.807, 2.05) is 20.8 Å². The Morgan fingerprint density at radius 3 is 2.75 bits per heavy atom. The lowest BCUT2D eigenvalue weighted by Gasteiger charge is -2.11. The zero-order valence-corrected chi connectivity index (χ0v) is 13.1. The van der Waals surface area contributed by atoms with Crippen LogP contribution in [0.25, 0.3) is 0 Å². The molecule has 1 aromatic carbocycles. The van der Waals surface area contributed by atoms with E-state index in [4.69, 9.17) is 16.3 Å². The van der Waals surface area contributed by atoms with Gasteiger partial charge in [-0.15, -0.1) is 0 Å². The fraction of sp³-hybridized carbons (Fsp3) is 0.533. The molecule has 112 valence electrons. The lowest BCUT2D eigenvalue weighted by atomic mass is 10.2. The second-order valence-electron chi connectivity index (χ2n) is 4.90. The van der Waals surface area contributed by atoms with E-state index in [9.17, 15) is 4.79 Å². The minimum atomic E-state index is -0.0311. The van der Waals surface area contributed by atoms with Gasteiger partial charge in [0.1, 0.15) is 5.75 Å². The Kier molecular flexibility index (Phi) is 7.41. The molecule has 4 nitrogen and oxygen atoms in total. The summed E-state index contributed by atoms with van der Waals surface area (Å²) in [6, 6.07) is 5.66. The van der Waals surface area contributed by atoms with E-state index in [-0.39, 0.29) is 5.91 Å². The quantitative estimate of drug-likeness (QED) is 0.773. The molecular formula is C15H23ClN2O2. The third kappa shape index (κ3) is 6.26. The van der Waals surface area contributed by atoms with Gasteiger partial charge in [0.25, 0.3) is 0 Å². The molecule has 1 rings (SSSR count). The van der Waals surface area contributed by atoms with Gasteiger partial charge in [-0.05, 0) is 24.6 Å². The Balaban J connectivity index is 2.47. The summed E-state index contributed by atoms with van der Waals surface area (Å²) in [4.78, 5) is 11.7. The first-order chi connectivity index (χ1) is 9.52. The summed E-state index contributed by atoms with van der Waals surface area (Å²) < 4.78 is 5.48. The fourth-order valence-corrected chi connectivity index (χ4v) is 1.84. The summed E-state index contributed by atoms with van der Waals surface area (Å²) in [5, 5.41) is 6.53. The maximum absolute atomic E-state index is 11.7. The maximum atomic E-state index is 11.7. The van der Waals surface area contributed by atoms with Gasteiger partial charge in [-0.3, -0.25) is 4.79 Å². The van der Waals surface area contributed by atoms with Gasteiger partial charge in [0.15, 0.2) is 0 Å². The van der Waals surface area contributed by atoms with Crippen molar-refractivity contribution in [2.75, 3.05) is 18.5 Å². The predicted molar refractivity (Wildman–Crippen MR) is 83.6 cm³/mol. The lowest BCUT2D eigenvalue weighted by Crippen LogP contribution is -2.27. The van der Waals surface area contributed by atoms with Gasteiger partial charge in [-0.25, -0.2) is 0 Å². The van der Waals surface area contributed by atoms with Crippen molar-refractivity contribution < 1.29 is 9.53 Å². The summed E-state index contributed by atoms with van der Waals surface area (Å²) in [5.74, 6) is 0.615. The topological polar surface area (TPSA) is 50.4 Å². The van der Waals surface area contributed by atoms with Gasteiger partial charge >= 0.3 is 0 Å². The van der Waals surface area contributed by atoms with Crippen LogP contribution in [0, 0.1) is 0 Å². The number of halogens is 1. The van der Waals surface area contributed by atoms with Gasteiger partial charge in [-0.2, -0.15) is 0 Å². The van der Waals surface area contributed by atoms with Crippen LogP contribution in [0.3, 0.4) is 0 Å². The van der Waals surface area contributed by atoms with E-state index in [0.29, 0.717) is 42.1 Å². The summed E-state index contributed by atoms with van der Waals surface area (Å²) in [5.41, 5.74) is 0.688.